The number of halogens is 2. The molecule has 0 aliphatic rings. The van der Waals surface area contributed by atoms with E-state index in [-0.39, 0.29) is 11.6 Å². The van der Waals surface area contributed by atoms with E-state index in [4.69, 9.17) is 16.3 Å². The Labute approximate surface area is 121 Å². The maximum atomic E-state index is 11.6. The molecule has 18 heavy (non-hydrogen) atoms. The van der Waals surface area contributed by atoms with Gasteiger partial charge in [-0.25, -0.2) is 12.7 Å². The number of hydrogen-bond donors (Lipinski definition) is 0. The van der Waals surface area contributed by atoms with Crippen molar-refractivity contribution in [2.75, 3.05) is 31.8 Å². The number of benzene rings is 1. The first kappa shape index (κ1) is 15.8. The Morgan fingerprint density at radius 1 is 1.33 bits per heavy atom. The van der Waals surface area contributed by atoms with E-state index < -0.39 is 10.0 Å². The van der Waals surface area contributed by atoms with Crippen LogP contribution in [0.5, 0.6) is 5.75 Å². The zero-order valence-electron chi connectivity index (χ0n) is 9.97. The summed E-state index contributed by atoms with van der Waals surface area (Å²) in [5.41, 5.74) is 0. The van der Waals surface area contributed by atoms with Crippen molar-refractivity contribution in [1.82, 2.24) is 4.31 Å². The van der Waals surface area contributed by atoms with Crippen LogP contribution in [-0.4, -0.2) is 44.6 Å². The Kier molecular flexibility index (Phi) is 6.42. The van der Waals surface area contributed by atoms with Gasteiger partial charge in [0, 0.05) is 23.9 Å². The van der Waals surface area contributed by atoms with E-state index in [1.807, 2.05) is 24.3 Å². The summed E-state index contributed by atoms with van der Waals surface area (Å²) in [6, 6.07) is 7.36. The van der Waals surface area contributed by atoms with Gasteiger partial charge < -0.3 is 4.74 Å². The van der Waals surface area contributed by atoms with Crippen LogP contribution in [0.25, 0.3) is 0 Å². The predicted octanol–water partition coefficient (Wildman–Crippen LogP) is 2.33. The summed E-state index contributed by atoms with van der Waals surface area (Å²) in [5.74, 6) is 0.755. The molecule has 0 unspecified atom stereocenters. The lowest BCUT2D eigenvalue weighted by atomic mass is 10.3. The van der Waals surface area contributed by atoms with Crippen LogP contribution < -0.4 is 4.74 Å². The number of alkyl halides is 1. The van der Waals surface area contributed by atoms with Crippen molar-refractivity contribution < 1.29 is 13.2 Å². The Balaban J connectivity index is 2.40. The van der Waals surface area contributed by atoms with Gasteiger partial charge in [0.1, 0.15) is 12.4 Å². The number of rotatable bonds is 7. The van der Waals surface area contributed by atoms with E-state index in [0.29, 0.717) is 18.9 Å². The van der Waals surface area contributed by atoms with Crippen molar-refractivity contribution >= 4 is 37.6 Å². The fourth-order valence-corrected chi connectivity index (χ4v) is 2.92. The van der Waals surface area contributed by atoms with Crippen molar-refractivity contribution in [2.45, 2.75) is 0 Å². The fraction of sp³-hybridized carbons (Fsp3) is 0.455. The number of sulfonamides is 1. The van der Waals surface area contributed by atoms with Crippen LogP contribution in [0, 0.1) is 0 Å². The van der Waals surface area contributed by atoms with E-state index in [1.165, 1.54) is 11.4 Å². The number of hydrogen-bond acceptors (Lipinski definition) is 3. The maximum absolute atomic E-state index is 11.6. The molecule has 102 valence electrons. The SMILES string of the molecule is CN(CCOc1ccc(Br)cc1)S(=O)(=O)CCCl. The zero-order valence-corrected chi connectivity index (χ0v) is 13.1. The lowest BCUT2D eigenvalue weighted by molar-refractivity contribution is 0.287. The van der Waals surface area contributed by atoms with E-state index in [9.17, 15) is 8.42 Å². The molecule has 0 saturated heterocycles. The summed E-state index contributed by atoms with van der Waals surface area (Å²) in [6.45, 7) is 0.606. The molecule has 1 aromatic carbocycles. The second kappa shape index (κ2) is 7.33. The van der Waals surface area contributed by atoms with E-state index in [0.717, 1.165) is 4.47 Å². The molecule has 4 nitrogen and oxygen atoms in total. The normalized spacial score (nSPS) is 11.8. The van der Waals surface area contributed by atoms with E-state index in [1.54, 1.807) is 0 Å². The fourth-order valence-electron chi connectivity index (χ4n) is 1.22. The highest BCUT2D eigenvalue weighted by molar-refractivity contribution is 9.10. The van der Waals surface area contributed by atoms with Crippen LogP contribution >= 0.6 is 27.5 Å². The minimum absolute atomic E-state index is 0.0522. The van der Waals surface area contributed by atoms with Gasteiger partial charge in [-0.05, 0) is 24.3 Å². The summed E-state index contributed by atoms with van der Waals surface area (Å²) in [7, 11) is -1.74. The van der Waals surface area contributed by atoms with Gasteiger partial charge in [0.25, 0.3) is 0 Å². The first-order valence-corrected chi connectivity index (χ1v) is 8.28. The molecule has 0 radical (unpaired) electrons. The van der Waals surface area contributed by atoms with Crippen molar-refractivity contribution in [2.24, 2.45) is 0 Å². The highest BCUT2D eigenvalue weighted by atomic mass is 79.9. The molecule has 1 rings (SSSR count). The molecule has 0 aliphatic carbocycles. The van der Waals surface area contributed by atoms with Crippen LogP contribution in [0.2, 0.25) is 0 Å². The van der Waals surface area contributed by atoms with Gasteiger partial charge in [0.15, 0.2) is 0 Å². The van der Waals surface area contributed by atoms with Crippen molar-refractivity contribution in [3.8, 4) is 5.75 Å². The average Bonchev–Trinajstić information content (AvgIpc) is 2.31. The van der Waals surface area contributed by atoms with Crippen LogP contribution in [0.4, 0.5) is 0 Å². The number of ether oxygens (including phenoxy) is 1. The largest absolute Gasteiger partial charge is 0.492 e. The van der Waals surface area contributed by atoms with Crippen molar-refractivity contribution in [3.63, 3.8) is 0 Å². The molecule has 1 aromatic rings. The Bertz CT molecular complexity index is 464. The summed E-state index contributed by atoms with van der Waals surface area (Å²) in [5, 5.41) is 0. The highest BCUT2D eigenvalue weighted by Gasteiger charge is 2.16. The summed E-state index contributed by atoms with van der Waals surface area (Å²) >= 11 is 8.76. The molecule has 7 heteroatoms. The van der Waals surface area contributed by atoms with Crippen LogP contribution in [0.3, 0.4) is 0 Å². The Morgan fingerprint density at radius 2 is 1.94 bits per heavy atom. The minimum Gasteiger partial charge on any atom is -0.492 e. The maximum Gasteiger partial charge on any atom is 0.215 e. The van der Waals surface area contributed by atoms with Crippen LogP contribution in [0.1, 0.15) is 0 Å². The molecule has 0 aliphatic heterocycles. The molecule has 0 N–H and O–H groups in total. The van der Waals surface area contributed by atoms with Crippen LogP contribution in [-0.2, 0) is 10.0 Å². The van der Waals surface area contributed by atoms with Gasteiger partial charge in [0.05, 0.1) is 5.75 Å². The third-order valence-corrected chi connectivity index (χ3v) is 5.09. The highest BCUT2D eigenvalue weighted by Crippen LogP contribution is 2.16. The molecule has 0 saturated carbocycles. The van der Waals surface area contributed by atoms with E-state index >= 15 is 0 Å². The Hall–Kier alpha value is -0.300. The third kappa shape index (κ3) is 5.14. The lowest BCUT2D eigenvalue weighted by Gasteiger charge is -2.16. The molecule has 0 spiro atoms. The average molecular weight is 357 g/mol. The molecule has 0 bridgehead atoms. The summed E-state index contributed by atoms with van der Waals surface area (Å²) in [4.78, 5) is 0. The summed E-state index contributed by atoms with van der Waals surface area (Å²) < 4.78 is 30.9. The van der Waals surface area contributed by atoms with Gasteiger partial charge in [-0.1, -0.05) is 15.9 Å². The first-order valence-electron chi connectivity index (χ1n) is 5.34. The standard InChI is InChI=1S/C11H15BrClNO3S/c1-14(18(15,16)9-6-13)7-8-17-11-4-2-10(12)3-5-11/h2-5H,6-9H2,1H3. The zero-order chi connectivity index (χ0) is 13.6. The van der Waals surface area contributed by atoms with E-state index in [2.05, 4.69) is 15.9 Å². The van der Waals surface area contributed by atoms with Gasteiger partial charge >= 0.3 is 0 Å². The molecule has 0 atom stereocenters. The quantitative estimate of drug-likeness (QED) is 0.705. The predicted molar refractivity (Wildman–Crippen MR) is 76.8 cm³/mol. The van der Waals surface area contributed by atoms with Gasteiger partial charge in [-0.15, -0.1) is 11.6 Å². The first-order chi connectivity index (χ1) is 8.45. The van der Waals surface area contributed by atoms with Gasteiger partial charge in [-0.2, -0.15) is 0 Å². The van der Waals surface area contributed by atoms with Gasteiger partial charge in [-0.3, -0.25) is 0 Å². The van der Waals surface area contributed by atoms with Gasteiger partial charge in [0.2, 0.25) is 10.0 Å². The molecular weight excluding hydrogens is 342 g/mol. The topological polar surface area (TPSA) is 46.6 Å². The monoisotopic (exact) mass is 355 g/mol. The second-order valence-corrected chi connectivity index (χ2v) is 7.12. The van der Waals surface area contributed by atoms with Crippen molar-refractivity contribution in [1.29, 1.82) is 0 Å². The van der Waals surface area contributed by atoms with Crippen molar-refractivity contribution in [3.05, 3.63) is 28.7 Å². The molecule has 0 fully saturated rings. The molecular formula is C11H15BrClNO3S. The minimum atomic E-state index is -3.26. The smallest absolute Gasteiger partial charge is 0.215 e. The summed E-state index contributed by atoms with van der Waals surface area (Å²) in [6.07, 6.45) is 0. The molecule has 0 aromatic heterocycles. The van der Waals surface area contributed by atoms with Crippen LogP contribution in [0.15, 0.2) is 28.7 Å². The molecule has 0 amide bonds. The number of likely N-dealkylation sites (N-methyl/N-ethyl adjacent to an activating group) is 1. The number of nitrogens with zero attached hydrogens (tertiary/aromatic N) is 1. The molecule has 0 heterocycles. The second-order valence-electron chi connectivity index (χ2n) is 3.63. The third-order valence-electron chi connectivity index (χ3n) is 2.30. The lowest BCUT2D eigenvalue weighted by Crippen LogP contribution is -2.33. The Morgan fingerprint density at radius 3 is 2.50 bits per heavy atom.